The number of rotatable bonds is 3. The number of hydroxylamine groups is 1. The maximum Gasteiger partial charge on any atom is 0.274 e. The van der Waals surface area contributed by atoms with E-state index in [1.165, 1.54) is 18.4 Å². The summed E-state index contributed by atoms with van der Waals surface area (Å²) >= 11 is 3.28. The third-order valence-electron chi connectivity index (χ3n) is 2.21. The molecule has 0 saturated carbocycles. The minimum atomic E-state index is -0.547. The molecule has 0 radical (unpaired) electrons. The molecule has 4 nitrogen and oxygen atoms in total. The minimum absolute atomic E-state index is 0.396. The molecule has 0 atom stereocenters. The van der Waals surface area contributed by atoms with Crippen molar-refractivity contribution in [2.75, 3.05) is 5.06 Å². The van der Waals surface area contributed by atoms with E-state index in [-0.39, 0.29) is 0 Å². The van der Waals surface area contributed by atoms with Crippen molar-refractivity contribution < 1.29 is 14.4 Å². The van der Waals surface area contributed by atoms with Crippen molar-refractivity contribution in [1.82, 2.24) is 0 Å². The summed E-state index contributed by atoms with van der Waals surface area (Å²) in [6.07, 6.45) is 4.24. The van der Waals surface area contributed by atoms with E-state index >= 15 is 0 Å². The lowest BCUT2D eigenvalue weighted by Crippen LogP contribution is -2.24. The Morgan fingerprint density at radius 1 is 1.28 bits per heavy atom. The Labute approximate surface area is 112 Å². The Balaban J connectivity index is 2.07. The van der Waals surface area contributed by atoms with E-state index in [9.17, 15) is 10.0 Å². The highest BCUT2D eigenvalue weighted by atomic mass is 79.9. The van der Waals surface area contributed by atoms with E-state index in [0.29, 0.717) is 16.5 Å². The van der Waals surface area contributed by atoms with Crippen LogP contribution in [0.1, 0.15) is 5.76 Å². The van der Waals surface area contributed by atoms with Gasteiger partial charge in [0.05, 0.1) is 12.0 Å². The van der Waals surface area contributed by atoms with Gasteiger partial charge in [0.2, 0.25) is 0 Å². The maximum absolute atomic E-state index is 11.7. The van der Waals surface area contributed by atoms with Gasteiger partial charge in [-0.3, -0.25) is 10.0 Å². The molecular formula is C13H10BrNO3. The Morgan fingerprint density at radius 2 is 2.00 bits per heavy atom. The first-order chi connectivity index (χ1) is 8.66. The number of benzene rings is 1. The lowest BCUT2D eigenvalue weighted by Gasteiger charge is -2.12. The van der Waals surface area contributed by atoms with Crippen molar-refractivity contribution >= 4 is 33.6 Å². The normalized spacial score (nSPS) is 10.8. The fraction of sp³-hybridized carbons (Fsp3) is 0. The molecule has 1 aromatic carbocycles. The molecule has 0 aliphatic heterocycles. The Morgan fingerprint density at radius 3 is 2.61 bits per heavy atom. The number of furan rings is 1. The van der Waals surface area contributed by atoms with Gasteiger partial charge in [-0.15, -0.1) is 0 Å². The monoisotopic (exact) mass is 307 g/mol. The molecule has 2 rings (SSSR count). The molecule has 0 unspecified atom stereocenters. The number of carbonyl (C=O) groups excluding carboxylic acids is 1. The van der Waals surface area contributed by atoms with Crippen LogP contribution in [0.5, 0.6) is 0 Å². The van der Waals surface area contributed by atoms with Gasteiger partial charge in [-0.1, -0.05) is 15.9 Å². The molecule has 2 aromatic rings. The van der Waals surface area contributed by atoms with Crippen LogP contribution in [-0.2, 0) is 4.79 Å². The summed E-state index contributed by atoms with van der Waals surface area (Å²) in [5, 5.41) is 10.3. The lowest BCUT2D eigenvalue weighted by atomic mass is 10.3. The highest BCUT2D eigenvalue weighted by molar-refractivity contribution is 9.10. The SMILES string of the molecule is O=C(C=Cc1ccco1)N(O)c1ccc(Br)cc1. The van der Waals surface area contributed by atoms with E-state index < -0.39 is 5.91 Å². The van der Waals surface area contributed by atoms with Gasteiger partial charge in [-0.2, -0.15) is 5.06 Å². The summed E-state index contributed by atoms with van der Waals surface area (Å²) in [5.41, 5.74) is 0.396. The molecule has 1 amide bonds. The van der Waals surface area contributed by atoms with Gasteiger partial charge in [0, 0.05) is 10.5 Å². The summed E-state index contributed by atoms with van der Waals surface area (Å²) in [6.45, 7) is 0. The van der Waals surface area contributed by atoms with E-state index in [1.807, 2.05) is 0 Å². The highest BCUT2D eigenvalue weighted by Gasteiger charge is 2.09. The predicted octanol–water partition coefficient (Wildman–Crippen LogP) is 3.48. The number of anilines is 1. The van der Waals surface area contributed by atoms with Crippen LogP contribution in [0, 0.1) is 0 Å². The topological polar surface area (TPSA) is 53.7 Å². The van der Waals surface area contributed by atoms with Crippen LogP contribution >= 0.6 is 15.9 Å². The summed E-state index contributed by atoms with van der Waals surface area (Å²) in [7, 11) is 0. The second kappa shape index (κ2) is 5.66. The second-order valence-corrected chi connectivity index (χ2v) is 4.39. The van der Waals surface area contributed by atoms with Crippen LogP contribution in [0.25, 0.3) is 6.08 Å². The molecule has 5 heteroatoms. The molecule has 0 spiro atoms. The number of halogens is 1. The molecule has 1 aromatic heterocycles. The van der Waals surface area contributed by atoms with Crippen LogP contribution in [0.2, 0.25) is 0 Å². The van der Waals surface area contributed by atoms with E-state index in [4.69, 9.17) is 4.42 Å². The largest absolute Gasteiger partial charge is 0.465 e. The van der Waals surface area contributed by atoms with Crippen molar-refractivity contribution in [3.05, 3.63) is 59.0 Å². The summed E-state index contributed by atoms with van der Waals surface area (Å²) in [4.78, 5) is 11.7. The lowest BCUT2D eigenvalue weighted by molar-refractivity contribution is -0.118. The predicted molar refractivity (Wildman–Crippen MR) is 71.2 cm³/mol. The van der Waals surface area contributed by atoms with Crippen LogP contribution in [0.15, 0.2) is 57.6 Å². The zero-order valence-electron chi connectivity index (χ0n) is 9.29. The molecule has 0 aliphatic carbocycles. The van der Waals surface area contributed by atoms with Gasteiger partial charge < -0.3 is 4.42 Å². The van der Waals surface area contributed by atoms with Crippen molar-refractivity contribution in [3.8, 4) is 0 Å². The number of hydrogen-bond donors (Lipinski definition) is 1. The fourth-order valence-electron chi connectivity index (χ4n) is 1.32. The van der Waals surface area contributed by atoms with Crippen molar-refractivity contribution in [2.24, 2.45) is 0 Å². The van der Waals surface area contributed by atoms with Gasteiger partial charge in [0.1, 0.15) is 5.76 Å². The number of nitrogens with zero attached hydrogens (tertiary/aromatic N) is 1. The van der Waals surface area contributed by atoms with Gasteiger partial charge >= 0.3 is 0 Å². The second-order valence-electron chi connectivity index (χ2n) is 3.48. The summed E-state index contributed by atoms with van der Waals surface area (Å²) in [6, 6.07) is 10.2. The molecule has 0 fully saturated rings. The van der Waals surface area contributed by atoms with E-state index in [1.54, 1.807) is 36.4 Å². The number of hydrogen-bond acceptors (Lipinski definition) is 3. The molecule has 92 valence electrons. The summed E-state index contributed by atoms with van der Waals surface area (Å²) in [5.74, 6) is 0.00118. The maximum atomic E-state index is 11.7. The van der Waals surface area contributed by atoms with E-state index in [0.717, 1.165) is 4.47 Å². The Hall–Kier alpha value is -1.85. The van der Waals surface area contributed by atoms with Crippen molar-refractivity contribution in [1.29, 1.82) is 0 Å². The Kier molecular flexibility index (Phi) is 3.96. The van der Waals surface area contributed by atoms with Crippen LogP contribution in [-0.4, -0.2) is 11.1 Å². The van der Waals surface area contributed by atoms with Crippen LogP contribution in [0.4, 0.5) is 5.69 Å². The van der Waals surface area contributed by atoms with Crippen LogP contribution < -0.4 is 5.06 Å². The average molecular weight is 308 g/mol. The molecule has 0 bridgehead atoms. The smallest absolute Gasteiger partial charge is 0.274 e. The first-order valence-electron chi connectivity index (χ1n) is 5.17. The van der Waals surface area contributed by atoms with Crippen molar-refractivity contribution in [2.45, 2.75) is 0 Å². The van der Waals surface area contributed by atoms with Gasteiger partial charge in [-0.05, 0) is 42.5 Å². The van der Waals surface area contributed by atoms with Gasteiger partial charge in [0.15, 0.2) is 0 Å². The third kappa shape index (κ3) is 3.09. The minimum Gasteiger partial charge on any atom is -0.465 e. The first kappa shape index (κ1) is 12.6. The average Bonchev–Trinajstić information content (AvgIpc) is 2.89. The quantitative estimate of drug-likeness (QED) is 0.536. The van der Waals surface area contributed by atoms with E-state index in [2.05, 4.69) is 15.9 Å². The molecule has 0 saturated heterocycles. The molecule has 1 heterocycles. The standard InChI is InChI=1S/C13H10BrNO3/c14-10-3-5-11(6-4-10)15(17)13(16)8-7-12-2-1-9-18-12/h1-9,17H. The van der Waals surface area contributed by atoms with Crippen LogP contribution in [0.3, 0.4) is 0 Å². The number of carbonyl (C=O) groups is 1. The number of amides is 1. The zero-order chi connectivity index (χ0) is 13.0. The first-order valence-corrected chi connectivity index (χ1v) is 5.96. The molecular weight excluding hydrogens is 298 g/mol. The summed E-state index contributed by atoms with van der Waals surface area (Å²) < 4.78 is 5.91. The molecule has 1 N–H and O–H groups in total. The zero-order valence-corrected chi connectivity index (χ0v) is 10.9. The van der Waals surface area contributed by atoms with Crippen molar-refractivity contribution in [3.63, 3.8) is 0 Å². The highest BCUT2D eigenvalue weighted by Crippen LogP contribution is 2.17. The Bertz CT molecular complexity index is 546. The molecule has 0 aliphatic rings. The van der Waals surface area contributed by atoms with Gasteiger partial charge in [-0.25, -0.2) is 0 Å². The molecule has 18 heavy (non-hydrogen) atoms. The van der Waals surface area contributed by atoms with Gasteiger partial charge in [0.25, 0.3) is 5.91 Å². The fourth-order valence-corrected chi connectivity index (χ4v) is 1.58. The third-order valence-corrected chi connectivity index (χ3v) is 2.74.